The van der Waals surface area contributed by atoms with Crippen molar-refractivity contribution in [1.29, 1.82) is 0 Å². The molecule has 0 aliphatic heterocycles. The molecule has 1 rings (SSSR count). The van der Waals surface area contributed by atoms with Gasteiger partial charge in [-0.2, -0.15) is 0 Å². The second-order valence-corrected chi connectivity index (χ2v) is 5.92. The van der Waals surface area contributed by atoms with Gasteiger partial charge in [-0.3, -0.25) is 9.80 Å². The van der Waals surface area contributed by atoms with E-state index in [-0.39, 0.29) is 17.4 Å². The third-order valence-corrected chi connectivity index (χ3v) is 2.74. The van der Waals surface area contributed by atoms with E-state index >= 15 is 0 Å². The number of carboxylic acids is 1. The average molecular weight is 309 g/mol. The van der Waals surface area contributed by atoms with Crippen LogP contribution in [0.25, 0.3) is 0 Å². The first-order chi connectivity index (χ1) is 10.2. The van der Waals surface area contributed by atoms with Gasteiger partial charge in [-0.25, -0.2) is 15.6 Å². The number of nitrogens with zero attached hydrogens (tertiary/aromatic N) is 2. The van der Waals surface area contributed by atoms with Crippen molar-refractivity contribution < 1.29 is 19.4 Å². The number of carbonyl (C=O) groups excluding carboxylic acids is 1. The van der Waals surface area contributed by atoms with Crippen LogP contribution in [0.1, 0.15) is 50.4 Å². The summed E-state index contributed by atoms with van der Waals surface area (Å²) in [5.74, 6) is 4.73. The zero-order valence-electron chi connectivity index (χ0n) is 13.2. The SMILES string of the molecule is CC(C)(C)OC(=O)CCCCN(N)c1ncccc1C(=O)O. The molecule has 0 aliphatic carbocycles. The van der Waals surface area contributed by atoms with Gasteiger partial charge in [-0.05, 0) is 45.7 Å². The Morgan fingerprint density at radius 2 is 2.05 bits per heavy atom. The minimum atomic E-state index is -1.08. The van der Waals surface area contributed by atoms with E-state index < -0.39 is 11.6 Å². The number of hydrazine groups is 1. The molecule has 1 aromatic rings. The summed E-state index contributed by atoms with van der Waals surface area (Å²) in [4.78, 5) is 26.6. The van der Waals surface area contributed by atoms with E-state index in [1.165, 1.54) is 17.3 Å². The molecule has 0 amide bonds. The molecule has 0 fully saturated rings. The fourth-order valence-corrected chi connectivity index (χ4v) is 1.84. The smallest absolute Gasteiger partial charge is 0.339 e. The lowest BCUT2D eigenvalue weighted by molar-refractivity contribution is -0.154. The summed E-state index contributed by atoms with van der Waals surface area (Å²) in [5.41, 5.74) is -0.432. The maximum Gasteiger partial charge on any atom is 0.339 e. The summed E-state index contributed by atoms with van der Waals surface area (Å²) < 4.78 is 5.21. The molecule has 0 aliphatic rings. The number of ether oxygens (including phenoxy) is 1. The van der Waals surface area contributed by atoms with Crippen LogP contribution in [0.15, 0.2) is 18.3 Å². The maximum absolute atomic E-state index is 11.6. The number of pyridine rings is 1. The molecule has 0 atom stereocenters. The van der Waals surface area contributed by atoms with Gasteiger partial charge in [-0.1, -0.05) is 0 Å². The Bertz CT molecular complexity index is 526. The van der Waals surface area contributed by atoms with Crippen LogP contribution in [0.2, 0.25) is 0 Å². The average Bonchev–Trinajstić information content (AvgIpc) is 2.41. The largest absolute Gasteiger partial charge is 0.478 e. The van der Waals surface area contributed by atoms with Crippen LogP contribution in [0.4, 0.5) is 5.82 Å². The minimum Gasteiger partial charge on any atom is -0.478 e. The molecule has 22 heavy (non-hydrogen) atoms. The third kappa shape index (κ3) is 6.09. The molecule has 0 spiro atoms. The van der Waals surface area contributed by atoms with Crippen molar-refractivity contribution in [3.63, 3.8) is 0 Å². The van der Waals surface area contributed by atoms with E-state index in [2.05, 4.69) is 4.98 Å². The number of aromatic carboxylic acids is 1. The molecular formula is C15H23N3O4. The van der Waals surface area contributed by atoms with Crippen molar-refractivity contribution in [3.05, 3.63) is 23.9 Å². The zero-order valence-corrected chi connectivity index (χ0v) is 13.2. The predicted octanol–water partition coefficient (Wildman–Crippen LogP) is 1.97. The number of carboxylic acid groups (broad SMARTS) is 1. The Hall–Kier alpha value is -2.15. The van der Waals surface area contributed by atoms with Crippen molar-refractivity contribution in [3.8, 4) is 0 Å². The number of carbonyl (C=O) groups is 2. The standard InChI is InChI=1S/C15H23N3O4/c1-15(2,3)22-12(19)8-4-5-10-18(16)13-11(14(20)21)7-6-9-17-13/h6-7,9H,4-5,8,10,16H2,1-3H3,(H,20,21). The van der Waals surface area contributed by atoms with Gasteiger partial charge in [0.15, 0.2) is 5.82 Å². The Morgan fingerprint density at radius 3 is 2.64 bits per heavy atom. The van der Waals surface area contributed by atoms with Crippen LogP contribution in [-0.2, 0) is 9.53 Å². The minimum absolute atomic E-state index is 0.0529. The summed E-state index contributed by atoms with van der Waals surface area (Å²) in [6.45, 7) is 5.86. The van der Waals surface area contributed by atoms with Crippen LogP contribution in [0.3, 0.4) is 0 Å². The highest BCUT2D eigenvalue weighted by Crippen LogP contribution is 2.15. The zero-order chi connectivity index (χ0) is 16.8. The summed E-state index contributed by atoms with van der Waals surface area (Å²) in [5, 5.41) is 10.4. The van der Waals surface area contributed by atoms with E-state index in [0.717, 1.165) is 0 Å². The summed E-state index contributed by atoms with van der Waals surface area (Å²) >= 11 is 0. The van der Waals surface area contributed by atoms with Gasteiger partial charge in [0.05, 0.1) is 0 Å². The monoisotopic (exact) mass is 309 g/mol. The molecule has 0 unspecified atom stereocenters. The number of rotatable bonds is 7. The van der Waals surface area contributed by atoms with Crippen molar-refractivity contribution in [2.45, 2.75) is 45.6 Å². The molecule has 0 saturated carbocycles. The van der Waals surface area contributed by atoms with E-state index in [0.29, 0.717) is 25.8 Å². The second-order valence-electron chi connectivity index (χ2n) is 5.92. The quantitative estimate of drug-likeness (QED) is 0.343. The molecule has 1 aromatic heterocycles. The number of unbranched alkanes of at least 4 members (excludes halogenated alkanes) is 1. The molecule has 3 N–H and O–H groups in total. The van der Waals surface area contributed by atoms with Gasteiger partial charge in [0.25, 0.3) is 0 Å². The first-order valence-corrected chi connectivity index (χ1v) is 7.13. The van der Waals surface area contributed by atoms with Crippen molar-refractivity contribution in [1.82, 2.24) is 4.98 Å². The molecule has 1 heterocycles. The molecular weight excluding hydrogens is 286 g/mol. The van der Waals surface area contributed by atoms with E-state index in [1.807, 2.05) is 20.8 Å². The van der Waals surface area contributed by atoms with E-state index in [4.69, 9.17) is 15.7 Å². The lowest BCUT2D eigenvalue weighted by Crippen LogP contribution is -2.34. The van der Waals surface area contributed by atoms with Gasteiger partial charge < -0.3 is 9.84 Å². The van der Waals surface area contributed by atoms with Gasteiger partial charge in [0.2, 0.25) is 0 Å². The van der Waals surface area contributed by atoms with Crippen LogP contribution in [0.5, 0.6) is 0 Å². The van der Waals surface area contributed by atoms with E-state index in [9.17, 15) is 9.59 Å². The molecule has 0 aromatic carbocycles. The van der Waals surface area contributed by atoms with Gasteiger partial charge >= 0.3 is 11.9 Å². The fraction of sp³-hybridized carbons (Fsp3) is 0.533. The summed E-state index contributed by atoms with van der Waals surface area (Å²) in [7, 11) is 0. The van der Waals surface area contributed by atoms with Crippen molar-refractivity contribution in [2.24, 2.45) is 5.84 Å². The van der Waals surface area contributed by atoms with Crippen LogP contribution in [0, 0.1) is 0 Å². The number of nitrogens with two attached hydrogens (primary N) is 1. The number of hydrogen-bond acceptors (Lipinski definition) is 6. The Morgan fingerprint density at radius 1 is 1.36 bits per heavy atom. The lowest BCUT2D eigenvalue weighted by Gasteiger charge is -2.20. The second kappa shape index (κ2) is 7.74. The van der Waals surface area contributed by atoms with E-state index in [1.54, 1.807) is 6.07 Å². The number of esters is 1. The van der Waals surface area contributed by atoms with Crippen LogP contribution >= 0.6 is 0 Å². The normalized spacial score (nSPS) is 11.1. The van der Waals surface area contributed by atoms with Crippen LogP contribution < -0.4 is 10.9 Å². The summed E-state index contributed by atoms with van der Waals surface area (Å²) in [6, 6.07) is 2.99. The first-order valence-electron chi connectivity index (χ1n) is 7.13. The lowest BCUT2D eigenvalue weighted by atomic mass is 10.2. The number of aromatic nitrogens is 1. The molecule has 0 saturated heterocycles. The highest BCUT2D eigenvalue weighted by molar-refractivity contribution is 5.93. The fourth-order valence-electron chi connectivity index (χ4n) is 1.84. The Kier molecular flexibility index (Phi) is 6.30. The molecule has 0 bridgehead atoms. The van der Waals surface area contributed by atoms with Crippen molar-refractivity contribution >= 4 is 17.8 Å². The maximum atomic E-state index is 11.6. The van der Waals surface area contributed by atoms with Gasteiger partial charge in [-0.15, -0.1) is 0 Å². The van der Waals surface area contributed by atoms with Crippen molar-refractivity contribution in [2.75, 3.05) is 11.6 Å². The first kappa shape index (κ1) is 17.9. The topological polar surface area (TPSA) is 106 Å². The van der Waals surface area contributed by atoms with Gasteiger partial charge in [0, 0.05) is 19.2 Å². The highest BCUT2D eigenvalue weighted by atomic mass is 16.6. The predicted molar refractivity (Wildman–Crippen MR) is 82.4 cm³/mol. The third-order valence-electron chi connectivity index (χ3n) is 2.74. The molecule has 7 heteroatoms. The number of hydrogen-bond donors (Lipinski definition) is 2. The molecule has 122 valence electrons. The molecule has 0 radical (unpaired) electrons. The van der Waals surface area contributed by atoms with Crippen LogP contribution in [-0.4, -0.2) is 34.2 Å². The summed E-state index contributed by atoms with van der Waals surface area (Å²) in [6.07, 6.45) is 3.03. The highest BCUT2D eigenvalue weighted by Gasteiger charge is 2.17. The Balaban J connectivity index is 2.43. The Labute approximate surface area is 130 Å². The van der Waals surface area contributed by atoms with Gasteiger partial charge in [0.1, 0.15) is 11.2 Å². The molecule has 7 nitrogen and oxygen atoms in total. The number of anilines is 1.